The fourth-order valence-corrected chi connectivity index (χ4v) is 6.18. The number of sulfonamides is 1. The van der Waals surface area contributed by atoms with Crippen molar-refractivity contribution in [3.05, 3.63) is 56.9 Å². The van der Waals surface area contributed by atoms with Gasteiger partial charge >= 0.3 is 0 Å². The molecule has 0 fully saturated rings. The Balaban J connectivity index is 1.94. The maximum atomic E-state index is 13.2. The summed E-state index contributed by atoms with van der Waals surface area (Å²) in [5, 5.41) is 7.33. The topological polar surface area (TPSA) is 74.8 Å². The molecule has 3 rings (SSSR count). The molecule has 5 nitrogen and oxygen atoms in total. The van der Waals surface area contributed by atoms with Crippen molar-refractivity contribution in [2.45, 2.75) is 45.4 Å². The highest BCUT2D eigenvalue weighted by Gasteiger charge is 2.28. The van der Waals surface area contributed by atoms with Crippen molar-refractivity contribution in [1.29, 1.82) is 0 Å². The third-order valence-electron chi connectivity index (χ3n) is 4.91. The summed E-state index contributed by atoms with van der Waals surface area (Å²) >= 11 is 1.49. The zero-order valence-corrected chi connectivity index (χ0v) is 17.9. The third-order valence-corrected chi connectivity index (χ3v) is 7.66. The number of nitrogens with one attached hydrogen (secondary N) is 2. The fourth-order valence-electron chi connectivity index (χ4n) is 3.20. The van der Waals surface area contributed by atoms with E-state index in [2.05, 4.69) is 14.9 Å². The summed E-state index contributed by atoms with van der Waals surface area (Å²) in [7, 11) is -3.65. The number of hydrogen-bond acceptors (Lipinski definition) is 4. The zero-order chi connectivity index (χ0) is 19.8. The fraction of sp³-hybridized carbons (Fsp3) is 0.350. The third kappa shape index (κ3) is 3.85. The van der Waals surface area contributed by atoms with E-state index in [1.54, 1.807) is 0 Å². The molecule has 7 heteroatoms. The Hall–Kier alpha value is -1.96. The molecule has 0 bridgehead atoms. The predicted octanol–water partition coefficient (Wildman–Crippen LogP) is 4.45. The van der Waals surface area contributed by atoms with Crippen LogP contribution < -0.4 is 4.72 Å². The monoisotopic (exact) mass is 403 g/mol. The molecular weight excluding hydrogens is 378 g/mol. The molecule has 2 aromatic heterocycles. The lowest BCUT2D eigenvalue weighted by Crippen LogP contribution is -2.28. The molecule has 1 unspecified atom stereocenters. The van der Waals surface area contributed by atoms with Crippen molar-refractivity contribution in [3.8, 4) is 11.3 Å². The van der Waals surface area contributed by atoms with Gasteiger partial charge in [0.2, 0.25) is 10.0 Å². The van der Waals surface area contributed by atoms with Crippen LogP contribution in [0.5, 0.6) is 0 Å². The lowest BCUT2D eigenvalue weighted by molar-refractivity contribution is 0.575. The molecule has 0 amide bonds. The van der Waals surface area contributed by atoms with Crippen LogP contribution in [0.1, 0.15) is 39.4 Å². The minimum absolute atomic E-state index is 0.0822. The number of benzene rings is 1. The molecule has 0 aliphatic heterocycles. The minimum Gasteiger partial charge on any atom is -0.282 e. The summed E-state index contributed by atoms with van der Waals surface area (Å²) in [6, 6.07) is 9.92. The molecule has 27 heavy (non-hydrogen) atoms. The maximum absolute atomic E-state index is 13.2. The van der Waals surface area contributed by atoms with Crippen molar-refractivity contribution in [2.24, 2.45) is 0 Å². The van der Waals surface area contributed by atoms with Gasteiger partial charge in [-0.3, -0.25) is 5.10 Å². The molecule has 3 aromatic rings. The highest BCUT2D eigenvalue weighted by molar-refractivity contribution is 7.89. The molecular formula is C20H25N3O2S2. The van der Waals surface area contributed by atoms with Crippen molar-refractivity contribution in [3.63, 3.8) is 0 Å². The first-order valence-electron chi connectivity index (χ1n) is 8.89. The predicted molar refractivity (Wildman–Crippen MR) is 111 cm³/mol. The van der Waals surface area contributed by atoms with Crippen molar-refractivity contribution >= 4 is 21.4 Å². The summed E-state index contributed by atoms with van der Waals surface area (Å²) in [6.07, 6.45) is 0. The SMILES string of the molecule is Cc1[nH]nc(-c2c(C)sc(C)c2S(=O)(=O)NCC(C)c2ccccc2)c1C. The van der Waals surface area contributed by atoms with Crippen molar-refractivity contribution < 1.29 is 8.42 Å². The van der Waals surface area contributed by atoms with E-state index in [0.717, 1.165) is 26.6 Å². The van der Waals surface area contributed by atoms with Gasteiger partial charge in [0.25, 0.3) is 0 Å². The number of hydrogen-bond donors (Lipinski definition) is 2. The van der Waals surface area contributed by atoms with Gasteiger partial charge in [0.1, 0.15) is 4.90 Å². The number of H-pyrrole nitrogens is 1. The lowest BCUT2D eigenvalue weighted by Gasteiger charge is -2.14. The van der Waals surface area contributed by atoms with E-state index in [1.807, 2.05) is 65.0 Å². The summed E-state index contributed by atoms with van der Waals surface area (Å²) in [5.74, 6) is 0.0822. The maximum Gasteiger partial charge on any atom is 0.242 e. The first-order chi connectivity index (χ1) is 12.7. The van der Waals surface area contributed by atoms with E-state index in [4.69, 9.17) is 0 Å². The highest BCUT2D eigenvalue weighted by atomic mass is 32.2. The Morgan fingerprint density at radius 1 is 1.11 bits per heavy atom. The van der Waals surface area contributed by atoms with Gasteiger partial charge in [0.15, 0.2) is 0 Å². The van der Waals surface area contributed by atoms with Gasteiger partial charge in [-0.05, 0) is 44.7 Å². The van der Waals surface area contributed by atoms with Crippen LogP contribution in [0.3, 0.4) is 0 Å². The quantitative estimate of drug-likeness (QED) is 0.638. The van der Waals surface area contributed by atoms with Gasteiger partial charge in [-0.1, -0.05) is 37.3 Å². The van der Waals surface area contributed by atoms with E-state index >= 15 is 0 Å². The van der Waals surface area contributed by atoms with Gasteiger partial charge in [-0.25, -0.2) is 13.1 Å². The number of nitrogens with zero attached hydrogens (tertiary/aromatic N) is 1. The second-order valence-corrected chi connectivity index (χ2v) is 10.0. The summed E-state index contributed by atoms with van der Waals surface area (Å²) in [5.41, 5.74) is 4.45. The van der Waals surface area contributed by atoms with Crippen LogP contribution in [-0.2, 0) is 10.0 Å². The molecule has 0 spiro atoms. The molecule has 0 saturated carbocycles. The Morgan fingerprint density at radius 2 is 1.78 bits per heavy atom. The Labute approximate surface area is 164 Å². The van der Waals surface area contributed by atoms with E-state index in [1.165, 1.54) is 11.3 Å². The number of thiophene rings is 1. The van der Waals surface area contributed by atoms with Crippen LogP contribution in [0, 0.1) is 27.7 Å². The normalized spacial score (nSPS) is 13.1. The van der Waals surface area contributed by atoms with Crippen LogP contribution >= 0.6 is 11.3 Å². The van der Waals surface area contributed by atoms with Crippen LogP contribution in [0.15, 0.2) is 35.2 Å². The molecule has 0 saturated heterocycles. The lowest BCUT2D eigenvalue weighted by atomic mass is 10.0. The van der Waals surface area contributed by atoms with E-state index < -0.39 is 10.0 Å². The largest absolute Gasteiger partial charge is 0.282 e. The number of aromatic amines is 1. The van der Waals surface area contributed by atoms with Crippen molar-refractivity contribution in [1.82, 2.24) is 14.9 Å². The summed E-state index contributed by atoms with van der Waals surface area (Å²) < 4.78 is 29.1. The second-order valence-electron chi connectivity index (χ2n) is 6.90. The highest BCUT2D eigenvalue weighted by Crippen LogP contribution is 2.39. The Morgan fingerprint density at radius 3 is 2.37 bits per heavy atom. The number of rotatable bonds is 6. The summed E-state index contributed by atoms with van der Waals surface area (Å²) in [6.45, 7) is 10.1. The number of aromatic nitrogens is 2. The molecule has 144 valence electrons. The van der Waals surface area contributed by atoms with Gasteiger partial charge in [0.05, 0.1) is 5.69 Å². The van der Waals surface area contributed by atoms with Gasteiger partial charge in [-0.15, -0.1) is 11.3 Å². The first kappa shape index (κ1) is 19.8. The second kappa shape index (κ2) is 7.58. The van der Waals surface area contributed by atoms with Gasteiger partial charge in [0, 0.05) is 27.6 Å². The van der Waals surface area contributed by atoms with Crippen LogP contribution in [0.4, 0.5) is 0 Å². The molecule has 1 atom stereocenters. The van der Waals surface area contributed by atoms with Crippen LogP contribution in [-0.4, -0.2) is 25.2 Å². The zero-order valence-electron chi connectivity index (χ0n) is 16.3. The first-order valence-corrected chi connectivity index (χ1v) is 11.2. The minimum atomic E-state index is -3.65. The smallest absolute Gasteiger partial charge is 0.242 e. The average molecular weight is 404 g/mol. The summed E-state index contributed by atoms with van der Waals surface area (Å²) in [4.78, 5) is 2.08. The van der Waals surface area contributed by atoms with E-state index in [0.29, 0.717) is 22.7 Å². The Bertz CT molecular complexity index is 1050. The molecule has 0 aliphatic rings. The molecule has 0 radical (unpaired) electrons. The molecule has 2 N–H and O–H groups in total. The van der Waals surface area contributed by atoms with Gasteiger partial charge in [-0.2, -0.15) is 5.10 Å². The van der Waals surface area contributed by atoms with Crippen LogP contribution in [0.25, 0.3) is 11.3 Å². The standard InChI is InChI=1S/C20H25N3O2S2/c1-12(17-9-7-6-8-10-17)11-21-27(24,25)20-16(5)26-15(4)18(20)19-13(2)14(3)22-23-19/h6-10,12,21H,11H2,1-5H3,(H,22,23). The van der Waals surface area contributed by atoms with E-state index in [-0.39, 0.29) is 5.92 Å². The number of aryl methyl sites for hydroxylation is 3. The Kier molecular flexibility index (Phi) is 5.55. The van der Waals surface area contributed by atoms with Crippen molar-refractivity contribution in [2.75, 3.05) is 6.54 Å². The van der Waals surface area contributed by atoms with Gasteiger partial charge < -0.3 is 0 Å². The molecule has 2 heterocycles. The molecule has 0 aliphatic carbocycles. The average Bonchev–Trinajstić information content (AvgIpc) is 3.12. The van der Waals surface area contributed by atoms with E-state index in [9.17, 15) is 8.42 Å². The van der Waals surface area contributed by atoms with Crippen LogP contribution in [0.2, 0.25) is 0 Å². The molecule has 1 aromatic carbocycles.